The lowest BCUT2D eigenvalue weighted by Gasteiger charge is -2.24. The molecule has 6 nitrogen and oxygen atoms in total. The number of rotatable bonds is 40. The standard InChI is InChI=1S/C53H87NO5/c1-4-7-10-13-16-19-22-24-26-28-30-32-35-38-41-44-49(59-53(58)46-43-40-37-34-31-29-27-25-23-20-17-14-11-8-5-2)47-52(57)54-50(48-55)51(56)45-42-39-36-33-21-18-15-12-9-6-3/h7-8,10-11,13-14,16-17,19-20,22-24,26,28,30,32,35,49-51,55-56H,4-6,9,12,15,18,21,25,27,29,31,33-34,36-48H2,1-3H3,(H,54,57)/b10-7-,11-8+,16-13+,17-14+,22-19+,23-20+,26-24-,30-28+,35-32+. The molecule has 0 spiro atoms. The number of hydrogen-bond donors (Lipinski definition) is 3. The van der Waals surface area contributed by atoms with Crippen molar-refractivity contribution < 1.29 is 24.5 Å². The van der Waals surface area contributed by atoms with Crippen LogP contribution in [0.25, 0.3) is 0 Å². The third-order valence-corrected chi connectivity index (χ3v) is 10.1. The molecule has 0 aliphatic carbocycles. The van der Waals surface area contributed by atoms with Gasteiger partial charge >= 0.3 is 5.97 Å². The fourth-order valence-electron chi connectivity index (χ4n) is 6.52. The van der Waals surface area contributed by atoms with Crippen LogP contribution in [0.15, 0.2) is 109 Å². The summed E-state index contributed by atoms with van der Waals surface area (Å²) in [6.07, 6.45) is 61.5. The van der Waals surface area contributed by atoms with E-state index in [1.807, 2.05) is 60.8 Å². The lowest BCUT2D eigenvalue weighted by Crippen LogP contribution is -2.46. The number of aliphatic hydroxyl groups is 2. The number of hydrogen-bond acceptors (Lipinski definition) is 5. The summed E-state index contributed by atoms with van der Waals surface area (Å²) in [6.45, 7) is 6.15. The van der Waals surface area contributed by atoms with Gasteiger partial charge in [-0.15, -0.1) is 0 Å². The molecule has 0 heterocycles. The molecule has 0 fully saturated rings. The number of carbonyl (C=O) groups is 2. The first-order valence-corrected chi connectivity index (χ1v) is 23.7. The minimum absolute atomic E-state index is 0.0145. The Morgan fingerprint density at radius 2 is 0.932 bits per heavy atom. The summed E-state index contributed by atoms with van der Waals surface area (Å²) in [7, 11) is 0. The summed E-state index contributed by atoms with van der Waals surface area (Å²) in [6, 6.07) is -0.734. The topological polar surface area (TPSA) is 95.9 Å². The van der Waals surface area contributed by atoms with Crippen LogP contribution in [0.1, 0.15) is 188 Å². The van der Waals surface area contributed by atoms with Crippen molar-refractivity contribution in [3.63, 3.8) is 0 Å². The Morgan fingerprint density at radius 1 is 0.508 bits per heavy atom. The van der Waals surface area contributed by atoms with Gasteiger partial charge in [0.25, 0.3) is 0 Å². The highest BCUT2D eigenvalue weighted by Gasteiger charge is 2.24. The lowest BCUT2D eigenvalue weighted by molar-refractivity contribution is -0.151. The molecule has 0 saturated carbocycles. The van der Waals surface area contributed by atoms with E-state index in [1.165, 1.54) is 70.6 Å². The Hall–Kier alpha value is -3.48. The third-order valence-electron chi connectivity index (χ3n) is 10.1. The molecule has 0 aliphatic rings. The monoisotopic (exact) mass is 818 g/mol. The van der Waals surface area contributed by atoms with Crippen molar-refractivity contribution >= 4 is 11.9 Å². The number of amides is 1. The highest BCUT2D eigenvalue weighted by Crippen LogP contribution is 2.16. The lowest BCUT2D eigenvalue weighted by atomic mass is 10.0. The molecular weight excluding hydrogens is 731 g/mol. The minimum Gasteiger partial charge on any atom is -0.462 e. The van der Waals surface area contributed by atoms with Gasteiger partial charge in [-0.2, -0.15) is 0 Å². The van der Waals surface area contributed by atoms with E-state index in [4.69, 9.17) is 4.74 Å². The quantitative estimate of drug-likeness (QED) is 0.0325. The summed E-state index contributed by atoms with van der Waals surface area (Å²) in [5.74, 6) is -0.576. The Morgan fingerprint density at radius 3 is 1.42 bits per heavy atom. The van der Waals surface area contributed by atoms with E-state index in [9.17, 15) is 19.8 Å². The van der Waals surface area contributed by atoms with E-state index in [2.05, 4.69) is 74.7 Å². The first-order chi connectivity index (χ1) is 29.0. The first kappa shape index (κ1) is 55.5. The second-order valence-electron chi connectivity index (χ2n) is 15.6. The van der Waals surface area contributed by atoms with E-state index in [0.29, 0.717) is 19.3 Å². The molecule has 3 N–H and O–H groups in total. The zero-order chi connectivity index (χ0) is 43.1. The average Bonchev–Trinajstić information content (AvgIpc) is 3.23. The highest BCUT2D eigenvalue weighted by atomic mass is 16.5. The highest BCUT2D eigenvalue weighted by molar-refractivity contribution is 5.77. The SMILES string of the molecule is CC\C=C/C=C/C=C/C=C\C=C\C=C\CCCC(CC(=O)NC(CO)C(O)CCCCCCCCCCCC)OC(=O)CCCCCCCCC/C=C/C=C/C=C/CC. The van der Waals surface area contributed by atoms with Crippen LogP contribution in [-0.4, -0.2) is 46.9 Å². The van der Waals surface area contributed by atoms with Crippen LogP contribution in [-0.2, 0) is 14.3 Å². The van der Waals surface area contributed by atoms with Gasteiger partial charge in [-0.05, 0) is 57.8 Å². The maximum atomic E-state index is 13.1. The van der Waals surface area contributed by atoms with Crippen LogP contribution in [0.2, 0.25) is 0 Å². The molecule has 3 unspecified atom stereocenters. The van der Waals surface area contributed by atoms with Crippen LogP contribution in [0.5, 0.6) is 0 Å². The second kappa shape index (κ2) is 45.6. The third kappa shape index (κ3) is 41.1. The molecule has 0 rings (SSSR count). The van der Waals surface area contributed by atoms with Crippen molar-refractivity contribution in [1.82, 2.24) is 5.32 Å². The van der Waals surface area contributed by atoms with Crippen molar-refractivity contribution in [3.8, 4) is 0 Å². The van der Waals surface area contributed by atoms with Gasteiger partial charge in [0, 0.05) is 6.42 Å². The zero-order valence-electron chi connectivity index (χ0n) is 37.8. The Labute approximate surface area is 362 Å². The van der Waals surface area contributed by atoms with Gasteiger partial charge < -0.3 is 20.3 Å². The molecule has 6 heteroatoms. The van der Waals surface area contributed by atoms with Gasteiger partial charge in [0.2, 0.25) is 5.91 Å². The second-order valence-corrected chi connectivity index (χ2v) is 15.6. The predicted octanol–water partition coefficient (Wildman–Crippen LogP) is 13.9. The Bertz CT molecular complexity index is 1240. The molecule has 0 aromatic carbocycles. The molecule has 59 heavy (non-hydrogen) atoms. The normalized spacial score (nSPS) is 14.3. The smallest absolute Gasteiger partial charge is 0.306 e. The average molecular weight is 818 g/mol. The van der Waals surface area contributed by atoms with Gasteiger partial charge in [0.05, 0.1) is 25.2 Å². The molecule has 3 atom stereocenters. The van der Waals surface area contributed by atoms with Gasteiger partial charge in [-0.3, -0.25) is 9.59 Å². The molecule has 334 valence electrons. The van der Waals surface area contributed by atoms with Crippen molar-refractivity contribution in [2.75, 3.05) is 6.61 Å². The molecule has 0 bridgehead atoms. The van der Waals surface area contributed by atoms with Crippen molar-refractivity contribution in [2.24, 2.45) is 0 Å². The summed E-state index contributed by atoms with van der Waals surface area (Å²) < 4.78 is 5.87. The van der Waals surface area contributed by atoms with Crippen LogP contribution in [0.4, 0.5) is 0 Å². The van der Waals surface area contributed by atoms with Gasteiger partial charge in [-0.1, -0.05) is 226 Å². The van der Waals surface area contributed by atoms with Crippen molar-refractivity contribution in [3.05, 3.63) is 109 Å². The molecule has 1 amide bonds. The number of carbonyl (C=O) groups excluding carboxylic acids is 2. The minimum atomic E-state index is -0.815. The van der Waals surface area contributed by atoms with Crippen LogP contribution < -0.4 is 5.32 Å². The number of esters is 1. The molecule has 0 saturated heterocycles. The number of allylic oxidation sites excluding steroid dienone is 18. The molecule has 0 aliphatic heterocycles. The largest absolute Gasteiger partial charge is 0.462 e. The number of ether oxygens (including phenoxy) is 1. The summed E-state index contributed by atoms with van der Waals surface area (Å²) in [4.78, 5) is 26.0. The molecule has 0 aromatic rings. The fourth-order valence-corrected chi connectivity index (χ4v) is 6.52. The van der Waals surface area contributed by atoms with Gasteiger partial charge in [-0.25, -0.2) is 0 Å². The maximum absolute atomic E-state index is 13.1. The summed E-state index contributed by atoms with van der Waals surface area (Å²) in [5.41, 5.74) is 0. The molecule has 0 radical (unpaired) electrons. The summed E-state index contributed by atoms with van der Waals surface area (Å²) in [5, 5.41) is 23.6. The zero-order valence-corrected chi connectivity index (χ0v) is 37.8. The number of unbranched alkanes of at least 4 members (excludes halogenated alkanes) is 17. The molecular formula is C53H87NO5. The van der Waals surface area contributed by atoms with E-state index in [-0.39, 0.29) is 24.9 Å². The van der Waals surface area contributed by atoms with E-state index in [0.717, 1.165) is 70.6 Å². The maximum Gasteiger partial charge on any atom is 0.306 e. The van der Waals surface area contributed by atoms with E-state index in [1.54, 1.807) is 0 Å². The van der Waals surface area contributed by atoms with Crippen LogP contribution in [0.3, 0.4) is 0 Å². The van der Waals surface area contributed by atoms with Crippen molar-refractivity contribution in [1.29, 1.82) is 0 Å². The number of aliphatic hydroxyl groups excluding tert-OH is 2. The van der Waals surface area contributed by atoms with Crippen LogP contribution >= 0.6 is 0 Å². The molecule has 0 aromatic heterocycles. The van der Waals surface area contributed by atoms with E-state index >= 15 is 0 Å². The number of nitrogens with one attached hydrogen (secondary N) is 1. The van der Waals surface area contributed by atoms with Gasteiger partial charge in [0.15, 0.2) is 0 Å². The van der Waals surface area contributed by atoms with Crippen LogP contribution in [0, 0.1) is 0 Å². The fraction of sp³-hybridized carbons (Fsp3) is 0.623. The summed E-state index contributed by atoms with van der Waals surface area (Å²) >= 11 is 0. The van der Waals surface area contributed by atoms with Gasteiger partial charge in [0.1, 0.15) is 6.10 Å². The van der Waals surface area contributed by atoms with Crippen molar-refractivity contribution in [2.45, 2.75) is 206 Å². The first-order valence-electron chi connectivity index (χ1n) is 23.7. The Kier molecular flexibility index (Phi) is 42.9. The van der Waals surface area contributed by atoms with E-state index < -0.39 is 18.2 Å². The Balaban J connectivity index is 4.80. The predicted molar refractivity (Wildman–Crippen MR) is 254 cm³/mol.